The lowest BCUT2D eigenvalue weighted by Gasteiger charge is -2.49. The number of aromatic nitrogens is 2. The fourth-order valence-corrected chi connectivity index (χ4v) is 5.82. The third-order valence-electron chi connectivity index (χ3n) is 7.89. The average Bonchev–Trinajstić information content (AvgIpc) is 2.94. The number of nitrogens with zero attached hydrogens (tertiary/aromatic N) is 5. The fourth-order valence-electron chi connectivity index (χ4n) is 5.55. The largest absolute Gasteiger partial charge is 0.396 e. The van der Waals surface area contributed by atoms with Crippen LogP contribution in [0.25, 0.3) is 11.0 Å². The number of oxime groups is 1. The number of likely N-dealkylation sites (tertiary alicyclic amines) is 2. The minimum absolute atomic E-state index is 0.000383. The lowest BCUT2D eigenvalue weighted by atomic mass is 9.82. The van der Waals surface area contributed by atoms with Crippen molar-refractivity contribution in [2.45, 2.75) is 45.1 Å². The van der Waals surface area contributed by atoms with E-state index in [9.17, 15) is 4.79 Å². The molecule has 2 fully saturated rings. The molecule has 0 spiro atoms. The Kier molecular flexibility index (Phi) is 7.86. The van der Waals surface area contributed by atoms with E-state index in [-0.39, 0.29) is 11.4 Å². The van der Waals surface area contributed by atoms with Crippen LogP contribution in [0.3, 0.4) is 0 Å². The van der Waals surface area contributed by atoms with Gasteiger partial charge < -0.3 is 9.74 Å². The topological polar surface area (TPSA) is 70.9 Å². The Morgan fingerprint density at radius 3 is 2.51 bits per heavy atom. The lowest BCUT2D eigenvalue weighted by Crippen LogP contribution is -2.56. The van der Waals surface area contributed by atoms with Crippen molar-refractivity contribution in [3.63, 3.8) is 0 Å². The summed E-state index contributed by atoms with van der Waals surface area (Å²) in [5.41, 5.74) is 3.37. The minimum atomic E-state index is -0.000383. The van der Waals surface area contributed by atoms with E-state index in [1.807, 2.05) is 36.1 Å². The molecule has 3 aromatic rings. The van der Waals surface area contributed by atoms with Crippen LogP contribution >= 0.6 is 15.9 Å². The molecule has 194 valence electrons. The van der Waals surface area contributed by atoms with Gasteiger partial charge in [0, 0.05) is 40.6 Å². The zero-order valence-corrected chi connectivity index (χ0v) is 23.2. The van der Waals surface area contributed by atoms with Gasteiger partial charge in [-0.2, -0.15) is 0 Å². The van der Waals surface area contributed by atoms with Crippen molar-refractivity contribution in [1.82, 2.24) is 19.8 Å². The highest BCUT2D eigenvalue weighted by Gasteiger charge is 2.39. The number of carbonyl (C=O) groups excluding carboxylic acids is 1. The van der Waals surface area contributed by atoms with Gasteiger partial charge in [-0.25, -0.2) is 9.97 Å². The zero-order valence-electron chi connectivity index (χ0n) is 21.6. The third-order valence-corrected chi connectivity index (χ3v) is 8.42. The predicted octanol–water partition coefficient (Wildman–Crippen LogP) is 5.54. The molecule has 0 atom stereocenters. The van der Waals surface area contributed by atoms with Crippen molar-refractivity contribution in [2.75, 3.05) is 32.8 Å². The van der Waals surface area contributed by atoms with E-state index in [4.69, 9.17) is 4.84 Å². The molecule has 0 saturated carbocycles. The Balaban J connectivity index is 1.20. The van der Waals surface area contributed by atoms with E-state index in [0.29, 0.717) is 23.9 Å². The van der Waals surface area contributed by atoms with E-state index in [0.717, 1.165) is 73.0 Å². The predicted molar refractivity (Wildman–Crippen MR) is 150 cm³/mol. The molecule has 37 heavy (non-hydrogen) atoms. The summed E-state index contributed by atoms with van der Waals surface area (Å²) < 4.78 is 1.06. The summed E-state index contributed by atoms with van der Waals surface area (Å²) in [5, 5.41) is 5.47. The van der Waals surface area contributed by atoms with Gasteiger partial charge in [0.2, 0.25) is 0 Å². The number of fused-ring (bicyclic) bond motifs is 1. The van der Waals surface area contributed by atoms with E-state index < -0.39 is 0 Å². The summed E-state index contributed by atoms with van der Waals surface area (Å²) in [4.78, 5) is 32.1. The maximum atomic E-state index is 13.2. The first-order valence-electron chi connectivity index (χ1n) is 13.2. The van der Waals surface area contributed by atoms with Crippen molar-refractivity contribution in [1.29, 1.82) is 0 Å². The molecular formula is C29H34BrN5O2. The Morgan fingerprint density at radius 1 is 1.08 bits per heavy atom. The summed E-state index contributed by atoms with van der Waals surface area (Å²) >= 11 is 3.53. The minimum Gasteiger partial charge on any atom is -0.396 e. The van der Waals surface area contributed by atoms with Gasteiger partial charge >= 0.3 is 0 Å². The Bertz CT molecular complexity index is 1260. The van der Waals surface area contributed by atoms with Gasteiger partial charge in [0.05, 0.1) is 5.71 Å². The molecule has 2 saturated heterocycles. The SMILES string of the molecule is CCO/N=C(\c1ccc(Br)cc1)C1CCN(C2(C)CCN(C(=O)c3ccc4cccnc4n3)CC2)CC1. The van der Waals surface area contributed by atoms with E-state index >= 15 is 0 Å². The molecule has 0 aliphatic carbocycles. The van der Waals surface area contributed by atoms with Crippen LogP contribution in [0, 0.1) is 5.92 Å². The van der Waals surface area contributed by atoms with Crippen LogP contribution in [0.15, 0.2) is 64.4 Å². The highest BCUT2D eigenvalue weighted by Crippen LogP contribution is 2.34. The van der Waals surface area contributed by atoms with Gasteiger partial charge in [-0.1, -0.05) is 33.2 Å². The molecule has 0 unspecified atom stereocenters. The molecular weight excluding hydrogens is 530 g/mol. The molecule has 0 radical (unpaired) electrons. The van der Waals surface area contributed by atoms with Crippen molar-refractivity contribution in [3.8, 4) is 0 Å². The Labute approximate surface area is 227 Å². The molecule has 1 aromatic carbocycles. The second kappa shape index (κ2) is 11.3. The summed E-state index contributed by atoms with van der Waals surface area (Å²) in [6, 6.07) is 15.9. The Morgan fingerprint density at radius 2 is 1.81 bits per heavy atom. The van der Waals surface area contributed by atoms with Crippen LogP contribution in [-0.2, 0) is 4.84 Å². The molecule has 0 bridgehead atoms. The van der Waals surface area contributed by atoms with Gasteiger partial charge in [-0.3, -0.25) is 9.69 Å². The second-order valence-electron chi connectivity index (χ2n) is 10.2. The van der Waals surface area contributed by atoms with Gasteiger partial charge in [0.15, 0.2) is 5.65 Å². The monoisotopic (exact) mass is 563 g/mol. The third kappa shape index (κ3) is 5.70. The van der Waals surface area contributed by atoms with Crippen LogP contribution in [0.4, 0.5) is 0 Å². The number of halogens is 1. The number of benzene rings is 1. The number of rotatable bonds is 6. The maximum Gasteiger partial charge on any atom is 0.272 e. The lowest BCUT2D eigenvalue weighted by molar-refractivity contribution is 0.0159. The van der Waals surface area contributed by atoms with Gasteiger partial charge in [-0.15, -0.1) is 0 Å². The first-order valence-corrected chi connectivity index (χ1v) is 14.0. The number of amides is 1. The highest BCUT2D eigenvalue weighted by molar-refractivity contribution is 9.10. The summed E-state index contributed by atoms with van der Waals surface area (Å²) in [6.45, 7) is 8.43. The number of pyridine rings is 2. The van der Waals surface area contributed by atoms with Crippen LogP contribution in [0.2, 0.25) is 0 Å². The molecule has 7 nitrogen and oxygen atoms in total. The number of hydrogen-bond acceptors (Lipinski definition) is 6. The van der Waals surface area contributed by atoms with Crippen molar-refractivity contribution in [3.05, 3.63) is 70.5 Å². The van der Waals surface area contributed by atoms with Crippen LogP contribution in [0.5, 0.6) is 0 Å². The van der Waals surface area contributed by atoms with Crippen molar-refractivity contribution < 1.29 is 9.63 Å². The molecule has 5 rings (SSSR count). The number of hydrogen-bond donors (Lipinski definition) is 0. The zero-order chi connectivity index (χ0) is 25.8. The maximum absolute atomic E-state index is 13.2. The molecule has 2 aromatic heterocycles. The van der Waals surface area contributed by atoms with E-state index in [1.54, 1.807) is 6.20 Å². The molecule has 8 heteroatoms. The normalized spacial score (nSPS) is 19.2. The van der Waals surface area contributed by atoms with Gasteiger partial charge in [-0.05, 0) is 94.6 Å². The first-order chi connectivity index (χ1) is 18.0. The quantitative estimate of drug-likeness (QED) is 0.291. The van der Waals surface area contributed by atoms with Gasteiger partial charge in [0.25, 0.3) is 5.91 Å². The number of piperidine rings is 2. The smallest absolute Gasteiger partial charge is 0.272 e. The Hall–Kier alpha value is -2.84. The van der Waals surface area contributed by atoms with Gasteiger partial charge in [0.1, 0.15) is 12.3 Å². The van der Waals surface area contributed by atoms with Crippen molar-refractivity contribution in [2.24, 2.45) is 11.1 Å². The second-order valence-corrected chi connectivity index (χ2v) is 11.1. The molecule has 2 aliphatic heterocycles. The van der Waals surface area contributed by atoms with E-state index in [2.05, 4.69) is 67.1 Å². The average molecular weight is 565 g/mol. The molecule has 2 aliphatic rings. The summed E-state index contributed by atoms with van der Waals surface area (Å²) in [5.74, 6) is 0.376. The summed E-state index contributed by atoms with van der Waals surface area (Å²) in [6.07, 6.45) is 5.73. The molecule has 1 amide bonds. The van der Waals surface area contributed by atoms with Crippen LogP contribution in [0.1, 0.15) is 55.6 Å². The summed E-state index contributed by atoms with van der Waals surface area (Å²) in [7, 11) is 0. The van der Waals surface area contributed by atoms with Crippen LogP contribution < -0.4 is 0 Å². The standard InChI is InChI=1S/C29H34BrN5O2/c1-3-37-33-26(21-6-9-24(30)10-7-21)22-12-17-35(18-13-22)29(2)14-19-34(20-15-29)28(36)25-11-8-23-5-4-16-31-27(23)32-25/h4-11,16,22H,3,12-15,17-20H2,1-2H3/b33-26+. The van der Waals surface area contributed by atoms with E-state index in [1.165, 1.54) is 0 Å². The fraction of sp³-hybridized carbons (Fsp3) is 0.448. The first kappa shape index (κ1) is 25.8. The van der Waals surface area contributed by atoms with Crippen LogP contribution in [-0.4, -0.2) is 69.7 Å². The number of carbonyl (C=O) groups is 1. The van der Waals surface area contributed by atoms with Crippen molar-refractivity contribution >= 4 is 38.6 Å². The molecule has 4 heterocycles. The highest BCUT2D eigenvalue weighted by atomic mass is 79.9. The molecule has 0 N–H and O–H groups in total.